The van der Waals surface area contributed by atoms with Crippen molar-refractivity contribution >= 4 is 17.5 Å². The fraction of sp³-hybridized carbons (Fsp3) is 0.125. The minimum atomic E-state index is -0.270. The Morgan fingerprint density at radius 3 is 2.16 bits per heavy atom. The molecular weight excluding hydrogens is 494 g/mol. The number of benzene rings is 4. The summed E-state index contributed by atoms with van der Waals surface area (Å²) in [5, 5.41) is 8.24. The Bertz CT molecular complexity index is 1530. The Morgan fingerprint density at radius 1 is 0.816 bits per heavy atom. The van der Waals surface area contributed by atoms with E-state index in [1.54, 1.807) is 0 Å². The number of amides is 1. The van der Waals surface area contributed by atoms with Gasteiger partial charge in [0.15, 0.2) is 0 Å². The summed E-state index contributed by atoms with van der Waals surface area (Å²) >= 11 is 6.14. The molecule has 1 unspecified atom stereocenters. The second-order valence-corrected chi connectivity index (χ2v) is 9.78. The van der Waals surface area contributed by atoms with Crippen LogP contribution in [-0.4, -0.2) is 27.5 Å². The van der Waals surface area contributed by atoms with Gasteiger partial charge in [0.05, 0.1) is 11.7 Å². The standard InChI is InChI=1S/C32H26ClN3O2/c33-26-15-11-24(12-16-26)29-28-30(35-34-29)32(37)36(20-19-22-7-3-1-4-8-22)31(28)25-13-17-27(18-14-25)38-21-23-9-5-2-6-10-23/h1-18,31H,19-21H2,(H,34,35). The van der Waals surface area contributed by atoms with Crippen LogP contribution in [0.2, 0.25) is 5.02 Å². The first-order valence-corrected chi connectivity index (χ1v) is 13.0. The van der Waals surface area contributed by atoms with Gasteiger partial charge in [0.1, 0.15) is 18.1 Å². The number of aromatic amines is 1. The van der Waals surface area contributed by atoms with Gasteiger partial charge in [-0.25, -0.2) is 0 Å². The average molecular weight is 520 g/mol. The molecule has 188 valence electrons. The van der Waals surface area contributed by atoms with E-state index in [-0.39, 0.29) is 11.9 Å². The molecule has 1 amide bonds. The third kappa shape index (κ3) is 4.81. The smallest absolute Gasteiger partial charge is 0.273 e. The van der Waals surface area contributed by atoms with Gasteiger partial charge in [0, 0.05) is 22.7 Å². The molecule has 5 aromatic rings. The van der Waals surface area contributed by atoms with E-state index in [4.69, 9.17) is 16.3 Å². The lowest BCUT2D eigenvalue weighted by atomic mass is 9.96. The minimum absolute atomic E-state index is 0.0435. The second-order valence-electron chi connectivity index (χ2n) is 9.35. The molecule has 0 saturated heterocycles. The lowest BCUT2D eigenvalue weighted by Crippen LogP contribution is -2.31. The van der Waals surface area contributed by atoms with E-state index in [2.05, 4.69) is 22.3 Å². The van der Waals surface area contributed by atoms with Crippen LogP contribution in [0, 0.1) is 0 Å². The number of halogens is 1. The molecule has 0 saturated carbocycles. The molecule has 6 heteroatoms. The van der Waals surface area contributed by atoms with Gasteiger partial charge in [0.2, 0.25) is 0 Å². The zero-order valence-electron chi connectivity index (χ0n) is 20.7. The van der Waals surface area contributed by atoms with Crippen molar-refractivity contribution in [2.24, 2.45) is 0 Å². The molecule has 5 nitrogen and oxygen atoms in total. The highest BCUT2D eigenvalue weighted by Crippen LogP contribution is 2.43. The van der Waals surface area contributed by atoms with Gasteiger partial charge in [-0.15, -0.1) is 0 Å². The van der Waals surface area contributed by atoms with Crippen LogP contribution in [-0.2, 0) is 13.0 Å². The number of aromatic nitrogens is 2. The molecule has 1 aromatic heterocycles. The Balaban J connectivity index is 1.32. The van der Waals surface area contributed by atoms with Gasteiger partial charge in [-0.05, 0) is 47.4 Å². The Labute approximate surface area is 226 Å². The summed E-state index contributed by atoms with van der Waals surface area (Å²) in [6.45, 7) is 1.08. The van der Waals surface area contributed by atoms with Gasteiger partial charge in [-0.2, -0.15) is 5.10 Å². The number of ether oxygens (including phenoxy) is 1. The topological polar surface area (TPSA) is 58.2 Å². The van der Waals surface area contributed by atoms with Gasteiger partial charge in [-0.3, -0.25) is 9.89 Å². The first-order valence-electron chi connectivity index (χ1n) is 12.6. The van der Waals surface area contributed by atoms with Crippen LogP contribution in [0.15, 0.2) is 109 Å². The van der Waals surface area contributed by atoms with Gasteiger partial charge in [0.25, 0.3) is 5.91 Å². The maximum absolute atomic E-state index is 13.6. The third-order valence-electron chi connectivity index (χ3n) is 6.91. The summed E-state index contributed by atoms with van der Waals surface area (Å²) in [4.78, 5) is 15.6. The summed E-state index contributed by atoms with van der Waals surface area (Å²) in [5.74, 6) is 0.737. The fourth-order valence-corrected chi connectivity index (χ4v) is 5.11. The third-order valence-corrected chi connectivity index (χ3v) is 7.16. The number of nitrogens with one attached hydrogen (secondary N) is 1. The van der Waals surface area contributed by atoms with Crippen molar-refractivity contribution in [2.45, 2.75) is 19.1 Å². The molecular formula is C32H26ClN3O2. The Morgan fingerprint density at radius 2 is 1.47 bits per heavy atom. The predicted molar refractivity (Wildman–Crippen MR) is 149 cm³/mol. The molecule has 1 N–H and O–H groups in total. The van der Waals surface area contributed by atoms with E-state index in [0.29, 0.717) is 23.9 Å². The molecule has 1 aliphatic rings. The van der Waals surface area contributed by atoms with E-state index in [0.717, 1.165) is 40.1 Å². The van der Waals surface area contributed by atoms with Crippen molar-refractivity contribution in [3.8, 4) is 17.0 Å². The number of H-pyrrole nitrogens is 1. The van der Waals surface area contributed by atoms with Gasteiger partial charge < -0.3 is 9.64 Å². The minimum Gasteiger partial charge on any atom is -0.489 e. The maximum atomic E-state index is 13.6. The number of carbonyl (C=O) groups excluding carboxylic acids is 1. The maximum Gasteiger partial charge on any atom is 0.273 e. The summed E-state index contributed by atoms with van der Waals surface area (Å²) in [5.41, 5.74) is 6.42. The number of rotatable bonds is 8. The first kappa shape index (κ1) is 24.0. The van der Waals surface area contributed by atoms with Gasteiger partial charge >= 0.3 is 0 Å². The molecule has 1 aliphatic heterocycles. The van der Waals surface area contributed by atoms with Crippen LogP contribution >= 0.6 is 11.6 Å². The van der Waals surface area contributed by atoms with Crippen molar-refractivity contribution in [1.29, 1.82) is 0 Å². The van der Waals surface area contributed by atoms with Crippen molar-refractivity contribution in [1.82, 2.24) is 15.1 Å². The quantitative estimate of drug-likeness (QED) is 0.238. The molecule has 0 spiro atoms. The van der Waals surface area contributed by atoms with Crippen molar-refractivity contribution < 1.29 is 9.53 Å². The Hall–Kier alpha value is -4.35. The zero-order valence-corrected chi connectivity index (χ0v) is 21.4. The van der Waals surface area contributed by atoms with Crippen molar-refractivity contribution in [3.05, 3.63) is 142 Å². The van der Waals surface area contributed by atoms with Crippen LogP contribution in [0.1, 0.15) is 38.8 Å². The molecule has 0 aliphatic carbocycles. The van der Waals surface area contributed by atoms with Crippen LogP contribution in [0.25, 0.3) is 11.3 Å². The van der Waals surface area contributed by atoms with E-state index < -0.39 is 0 Å². The average Bonchev–Trinajstić information content (AvgIpc) is 3.51. The molecule has 38 heavy (non-hydrogen) atoms. The fourth-order valence-electron chi connectivity index (χ4n) is 4.98. The molecule has 0 bridgehead atoms. The van der Waals surface area contributed by atoms with Crippen molar-refractivity contribution in [3.63, 3.8) is 0 Å². The molecule has 0 radical (unpaired) electrons. The Kier molecular flexibility index (Phi) is 6.67. The molecule has 1 atom stereocenters. The molecule has 0 fully saturated rings. The highest BCUT2D eigenvalue weighted by atomic mass is 35.5. The van der Waals surface area contributed by atoms with Crippen LogP contribution in [0.3, 0.4) is 0 Å². The van der Waals surface area contributed by atoms with Crippen LogP contribution in [0.5, 0.6) is 5.75 Å². The largest absolute Gasteiger partial charge is 0.489 e. The summed E-state index contributed by atoms with van der Waals surface area (Å²) in [6, 6.07) is 35.6. The molecule has 2 heterocycles. The highest BCUT2D eigenvalue weighted by molar-refractivity contribution is 6.30. The number of hydrogen-bond acceptors (Lipinski definition) is 3. The van der Waals surface area contributed by atoms with E-state index >= 15 is 0 Å². The van der Waals surface area contributed by atoms with Crippen LogP contribution < -0.4 is 4.74 Å². The number of nitrogens with zero attached hydrogens (tertiary/aromatic N) is 2. The lowest BCUT2D eigenvalue weighted by molar-refractivity contribution is 0.0746. The zero-order chi connectivity index (χ0) is 25.9. The first-order chi connectivity index (χ1) is 18.7. The number of carbonyl (C=O) groups is 1. The van der Waals surface area contributed by atoms with Crippen LogP contribution in [0.4, 0.5) is 0 Å². The summed E-state index contributed by atoms with van der Waals surface area (Å²) < 4.78 is 6.01. The van der Waals surface area contributed by atoms with E-state index in [9.17, 15) is 4.79 Å². The number of hydrogen-bond donors (Lipinski definition) is 1. The summed E-state index contributed by atoms with van der Waals surface area (Å²) in [6.07, 6.45) is 0.759. The van der Waals surface area contributed by atoms with E-state index in [1.165, 1.54) is 5.56 Å². The SMILES string of the molecule is O=C1c2[nH]nc(-c3ccc(Cl)cc3)c2C(c2ccc(OCc3ccccc3)cc2)N1CCc1ccccc1. The van der Waals surface area contributed by atoms with E-state index in [1.807, 2.05) is 102 Å². The second kappa shape index (κ2) is 10.6. The summed E-state index contributed by atoms with van der Waals surface area (Å²) in [7, 11) is 0. The highest BCUT2D eigenvalue weighted by Gasteiger charge is 2.41. The lowest BCUT2D eigenvalue weighted by Gasteiger charge is -2.26. The predicted octanol–water partition coefficient (Wildman–Crippen LogP) is 7.10. The normalized spacial score (nSPS) is 14.5. The van der Waals surface area contributed by atoms with Crippen molar-refractivity contribution in [2.75, 3.05) is 6.54 Å². The monoisotopic (exact) mass is 519 g/mol. The van der Waals surface area contributed by atoms with Gasteiger partial charge in [-0.1, -0.05) is 96.5 Å². The number of fused-ring (bicyclic) bond motifs is 1. The molecule has 4 aromatic carbocycles. The molecule has 6 rings (SSSR count).